The van der Waals surface area contributed by atoms with E-state index in [4.69, 9.17) is 0 Å². The summed E-state index contributed by atoms with van der Waals surface area (Å²) in [5.74, 6) is 0. The minimum absolute atomic E-state index is 1.22. The van der Waals surface area contributed by atoms with Crippen LogP contribution in [0.5, 0.6) is 0 Å². The third-order valence-corrected chi connectivity index (χ3v) is 9.08. The molecule has 208 valence electrons. The van der Waals surface area contributed by atoms with E-state index in [9.17, 15) is 0 Å². The van der Waals surface area contributed by atoms with Gasteiger partial charge in [0.1, 0.15) is 0 Å². The molecule has 0 heterocycles. The number of fused-ring (bicyclic) bond motifs is 6. The fraction of sp³-hybridized carbons (Fsp3) is 0.0455. The maximum Gasteiger partial charge on any atom is -0.000731 e. The third kappa shape index (κ3) is 4.07. The smallest absolute Gasteiger partial charge is 0.000731 e. The van der Waals surface area contributed by atoms with E-state index in [2.05, 4.69) is 172 Å². The van der Waals surface area contributed by atoms with Crippen molar-refractivity contribution in [3.8, 4) is 44.5 Å². The van der Waals surface area contributed by atoms with Gasteiger partial charge in [-0.1, -0.05) is 158 Å². The molecule has 0 heteroatoms. The van der Waals surface area contributed by atoms with Crippen LogP contribution in [-0.4, -0.2) is 0 Å². The van der Waals surface area contributed by atoms with Gasteiger partial charge in [0.25, 0.3) is 0 Å². The molecule has 0 bridgehead atoms. The zero-order chi connectivity index (χ0) is 29.6. The normalized spacial score (nSPS) is 11.4. The van der Waals surface area contributed by atoms with Crippen LogP contribution in [0, 0.1) is 13.8 Å². The second-order valence-electron chi connectivity index (χ2n) is 11.7. The van der Waals surface area contributed by atoms with Crippen LogP contribution < -0.4 is 0 Å². The van der Waals surface area contributed by atoms with Gasteiger partial charge in [0.05, 0.1) is 0 Å². The highest BCUT2D eigenvalue weighted by Crippen LogP contribution is 2.54. The lowest BCUT2D eigenvalue weighted by Crippen LogP contribution is -1.99. The zero-order valence-corrected chi connectivity index (χ0v) is 25.0. The fourth-order valence-corrected chi connectivity index (χ4v) is 7.28. The van der Waals surface area contributed by atoms with Gasteiger partial charge in [-0.3, -0.25) is 0 Å². The molecule has 0 amide bonds. The molecule has 0 atom stereocenters. The summed E-state index contributed by atoms with van der Waals surface area (Å²) in [5.41, 5.74) is 12.6. The maximum atomic E-state index is 2.34. The molecule has 0 nitrogen and oxygen atoms in total. The van der Waals surface area contributed by atoms with Crippen LogP contribution in [0.15, 0.2) is 158 Å². The van der Waals surface area contributed by atoms with Crippen molar-refractivity contribution in [2.24, 2.45) is 0 Å². The Morgan fingerprint density at radius 2 is 0.545 bits per heavy atom. The van der Waals surface area contributed by atoms with Crippen molar-refractivity contribution in [1.82, 2.24) is 0 Å². The van der Waals surface area contributed by atoms with Gasteiger partial charge >= 0.3 is 0 Å². The molecule has 0 spiro atoms. The molecule has 0 unspecified atom stereocenters. The van der Waals surface area contributed by atoms with E-state index >= 15 is 0 Å². The molecular formula is C44H32. The van der Waals surface area contributed by atoms with Crippen molar-refractivity contribution in [1.29, 1.82) is 0 Å². The highest BCUT2D eigenvalue weighted by Gasteiger charge is 2.27. The van der Waals surface area contributed by atoms with E-state index in [1.807, 2.05) is 0 Å². The first kappa shape index (κ1) is 26.2. The first-order valence-corrected chi connectivity index (χ1v) is 15.4. The highest BCUT2D eigenvalue weighted by atomic mass is 14.3. The second kappa shape index (κ2) is 10.7. The van der Waals surface area contributed by atoms with Crippen LogP contribution in [0.2, 0.25) is 0 Å². The van der Waals surface area contributed by atoms with Gasteiger partial charge in [-0.2, -0.15) is 0 Å². The van der Waals surface area contributed by atoms with Crippen molar-refractivity contribution >= 4 is 32.3 Å². The molecule has 0 aromatic heterocycles. The van der Waals surface area contributed by atoms with E-state index in [0.717, 1.165) is 0 Å². The lowest BCUT2D eigenvalue weighted by atomic mass is 9.76. The summed E-state index contributed by atoms with van der Waals surface area (Å²) in [7, 11) is 0. The van der Waals surface area contributed by atoms with E-state index in [1.54, 1.807) is 0 Å². The lowest BCUT2D eigenvalue weighted by molar-refractivity contribution is 1.51. The summed E-state index contributed by atoms with van der Waals surface area (Å²) in [6.45, 7) is 4.52. The molecule has 8 aromatic rings. The minimum atomic E-state index is 1.22. The third-order valence-electron chi connectivity index (χ3n) is 9.08. The molecule has 0 fully saturated rings. The number of rotatable bonds is 4. The van der Waals surface area contributed by atoms with Gasteiger partial charge in [0.15, 0.2) is 0 Å². The summed E-state index contributed by atoms with van der Waals surface area (Å²) >= 11 is 0. The Morgan fingerprint density at radius 1 is 0.250 bits per heavy atom. The summed E-state index contributed by atoms with van der Waals surface area (Å²) in [6.07, 6.45) is 0. The van der Waals surface area contributed by atoms with Crippen LogP contribution in [-0.2, 0) is 0 Å². The topological polar surface area (TPSA) is 0 Å². The zero-order valence-electron chi connectivity index (χ0n) is 25.0. The summed E-state index contributed by atoms with van der Waals surface area (Å²) in [4.78, 5) is 0. The van der Waals surface area contributed by atoms with Crippen molar-refractivity contribution in [2.45, 2.75) is 13.8 Å². The van der Waals surface area contributed by atoms with Gasteiger partial charge < -0.3 is 0 Å². The fourth-order valence-electron chi connectivity index (χ4n) is 7.28. The molecule has 0 saturated heterocycles. The monoisotopic (exact) mass is 560 g/mol. The summed E-state index contributed by atoms with van der Waals surface area (Å²) in [6, 6.07) is 57.6. The molecule has 0 aliphatic carbocycles. The van der Waals surface area contributed by atoms with E-state index in [1.165, 1.54) is 88.0 Å². The van der Waals surface area contributed by atoms with E-state index in [-0.39, 0.29) is 0 Å². The molecular weight excluding hydrogens is 528 g/mol. The van der Waals surface area contributed by atoms with Gasteiger partial charge in [-0.25, -0.2) is 0 Å². The molecule has 0 aliphatic heterocycles. The number of hydrogen-bond donors (Lipinski definition) is 0. The van der Waals surface area contributed by atoms with Crippen molar-refractivity contribution in [3.63, 3.8) is 0 Å². The second-order valence-corrected chi connectivity index (χ2v) is 11.7. The van der Waals surface area contributed by atoms with E-state index < -0.39 is 0 Å². The van der Waals surface area contributed by atoms with Crippen LogP contribution in [0.1, 0.15) is 11.1 Å². The summed E-state index contributed by atoms with van der Waals surface area (Å²) in [5, 5.41) is 7.91. The average Bonchev–Trinajstić information content (AvgIpc) is 3.09. The predicted molar refractivity (Wildman–Crippen MR) is 190 cm³/mol. The Bertz CT molecular complexity index is 2130. The van der Waals surface area contributed by atoms with Gasteiger partial charge in [-0.15, -0.1) is 0 Å². The predicted octanol–water partition coefficient (Wildman–Crippen LogP) is 12.4. The number of aryl methyl sites for hydroxylation is 2. The SMILES string of the molecule is Cc1cccc2c1c1c(C)cccc1c1c(-c3ccccc3)c(-c3ccccc3)c(-c3ccccc3)c(-c3ccccc3)c21. The van der Waals surface area contributed by atoms with Gasteiger partial charge in [0.2, 0.25) is 0 Å². The standard InChI is InChI=1S/C44H32/c1-29-17-15-27-35-37(29)38-30(2)18-16-28-36(38)44-42(34-25-13-6-14-26-34)40(32-21-9-4-10-22-32)39(31-19-7-3-8-20-31)41(43(35)44)33-23-11-5-12-24-33/h3-28H,1-2H3. The van der Waals surface area contributed by atoms with E-state index in [0.29, 0.717) is 0 Å². The Balaban J connectivity index is 1.80. The Kier molecular flexibility index (Phi) is 6.35. The van der Waals surface area contributed by atoms with Crippen LogP contribution in [0.3, 0.4) is 0 Å². The van der Waals surface area contributed by atoms with Crippen molar-refractivity contribution in [3.05, 3.63) is 169 Å². The number of benzene rings is 8. The molecule has 8 rings (SSSR count). The highest BCUT2D eigenvalue weighted by molar-refractivity contribution is 6.36. The van der Waals surface area contributed by atoms with Gasteiger partial charge in [-0.05, 0) is 102 Å². The molecule has 8 aromatic carbocycles. The lowest BCUT2D eigenvalue weighted by Gasteiger charge is -2.27. The Hall–Kier alpha value is -5.46. The van der Waals surface area contributed by atoms with Crippen LogP contribution in [0.4, 0.5) is 0 Å². The molecule has 0 N–H and O–H groups in total. The Labute approximate surface area is 258 Å². The average molecular weight is 561 g/mol. The molecule has 0 aliphatic rings. The van der Waals surface area contributed by atoms with Crippen molar-refractivity contribution in [2.75, 3.05) is 0 Å². The largest absolute Gasteiger partial charge is 0.0622 e. The molecule has 0 saturated carbocycles. The quantitative estimate of drug-likeness (QED) is 0.188. The first-order valence-electron chi connectivity index (χ1n) is 15.4. The number of hydrogen-bond acceptors (Lipinski definition) is 0. The van der Waals surface area contributed by atoms with Crippen molar-refractivity contribution < 1.29 is 0 Å². The first-order chi connectivity index (χ1) is 21.7. The minimum Gasteiger partial charge on any atom is -0.0622 e. The van der Waals surface area contributed by atoms with Crippen LogP contribution >= 0.6 is 0 Å². The molecule has 0 radical (unpaired) electrons. The van der Waals surface area contributed by atoms with Crippen LogP contribution in [0.25, 0.3) is 76.8 Å². The maximum absolute atomic E-state index is 2.34. The molecule has 44 heavy (non-hydrogen) atoms. The summed E-state index contributed by atoms with van der Waals surface area (Å²) < 4.78 is 0. The Morgan fingerprint density at radius 3 is 0.864 bits per heavy atom. The van der Waals surface area contributed by atoms with Gasteiger partial charge in [0, 0.05) is 0 Å².